The monoisotopic (exact) mass is 372 g/mol. The molecule has 1 atom stereocenters. The first-order valence-electron chi connectivity index (χ1n) is 9.13. The number of rotatable bonds is 6. The highest BCUT2D eigenvalue weighted by molar-refractivity contribution is 5.96. The Morgan fingerprint density at radius 3 is 2.59 bits per heavy atom. The van der Waals surface area contributed by atoms with Gasteiger partial charge in [0, 0.05) is 31.3 Å². The van der Waals surface area contributed by atoms with Crippen molar-refractivity contribution in [3.8, 4) is 6.07 Å². The molecule has 2 amide bonds. The van der Waals surface area contributed by atoms with Crippen LogP contribution in [0.3, 0.4) is 0 Å². The van der Waals surface area contributed by atoms with Crippen LogP contribution >= 0.6 is 0 Å². The predicted octanol–water partition coefficient (Wildman–Crippen LogP) is 2.74. The average Bonchev–Trinajstić information content (AvgIpc) is 2.68. The molecule has 1 saturated carbocycles. The summed E-state index contributed by atoms with van der Waals surface area (Å²) in [6.45, 7) is 2.01. The Morgan fingerprint density at radius 2 is 2.04 bits per heavy atom. The molecule has 27 heavy (non-hydrogen) atoms. The minimum Gasteiger partial charge on any atom is -0.355 e. The minimum atomic E-state index is -1.30. The van der Waals surface area contributed by atoms with Crippen molar-refractivity contribution in [3.63, 3.8) is 0 Å². The number of carbonyl (C=O) groups excluding carboxylic acids is 2. The van der Waals surface area contributed by atoms with Gasteiger partial charge in [-0.15, -0.1) is 0 Å². The molecule has 144 valence electrons. The van der Waals surface area contributed by atoms with Gasteiger partial charge >= 0.3 is 0 Å². The summed E-state index contributed by atoms with van der Waals surface area (Å²) in [4.78, 5) is 37.3. The second-order valence-electron chi connectivity index (χ2n) is 6.70. The lowest BCUT2D eigenvalue weighted by Gasteiger charge is -2.31. The number of nitriles is 1. The number of nitro groups is 1. The number of likely N-dealkylation sites (N-methyl/N-ethyl adjacent to an activating group) is 1. The number of nitro benzene ring substituents is 1. The maximum absolute atomic E-state index is 12.8. The molecule has 0 heterocycles. The molecule has 1 aliphatic carbocycles. The first kappa shape index (κ1) is 20.4. The molecular weight excluding hydrogens is 348 g/mol. The summed E-state index contributed by atoms with van der Waals surface area (Å²) in [7, 11) is 1.71. The third-order valence-corrected chi connectivity index (χ3v) is 4.97. The summed E-state index contributed by atoms with van der Waals surface area (Å²) in [5, 5.41) is 23.3. The van der Waals surface area contributed by atoms with Gasteiger partial charge in [0.15, 0.2) is 5.92 Å². The molecule has 8 nitrogen and oxygen atoms in total. The number of nitrogens with one attached hydrogen (secondary N) is 1. The zero-order valence-corrected chi connectivity index (χ0v) is 15.6. The van der Waals surface area contributed by atoms with E-state index in [0.29, 0.717) is 6.54 Å². The molecular formula is C19H24N4O4. The van der Waals surface area contributed by atoms with Crippen molar-refractivity contribution < 1.29 is 14.5 Å². The van der Waals surface area contributed by atoms with Crippen molar-refractivity contribution in [3.05, 3.63) is 39.4 Å². The van der Waals surface area contributed by atoms with Crippen LogP contribution in [0, 0.1) is 21.4 Å². The first-order chi connectivity index (χ1) is 12.9. The molecule has 2 rings (SSSR count). The SMILES string of the molecule is CCNC(=O)C(C#N)c1ccc(C(=O)N(C)C2CCCCC2)cc1[N+](=O)[O-]. The summed E-state index contributed by atoms with van der Waals surface area (Å²) in [5.74, 6) is -2.19. The number of benzene rings is 1. The Bertz CT molecular complexity index is 765. The largest absolute Gasteiger partial charge is 0.355 e. The van der Waals surface area contributed by atoms with E-state index in [2.05, 4.69) is 5.32 Å². The normalized spacial score (nSPS) is 15.4. The minimum absolute atomic E-state index is 0.00896. The van der Waals surface area contributed by atoms with Gasteiger partial charge in [0.2, 0.25) is 5.91 Å². The number of amides is 2. The maximum atomic E-state index is 12.8. The number of carbonyl (C=O) groups is 2. The standard InChI is InChI=1S/C19H24N4O4/c1-3-21-18(24)16(12-20)15-10-9-13(11-17(15)23(26)27)19(25)22(2)14-7-5-4-6-8-14/h9-11,14,16H,3-8H2,1-2H3,(H,21,24). The van der Waals surface area contributed by atoms with Crippen LogP contribution in [-0.4, -0.2) is 41.3 Å². The quantitative estimate of drug-likeness (QED) is 0.609. The molecule has 1 aromatic rings. The van der Waals surface area contributed by atoms with E-state index in [9.17, 15) is 25.0 Å². The number of hydrogen-bond acceptors (Lipinski definition) is 5. The predicted molar refractivity (Wildman–Crippen MR) is 99.1 cm³/mol. The third kappa shape index (κ3) is 4.61. The van der Waals surface area contributed by atoms with E-state index >= 15 is 0 Å². The Labute approximate surface area is 158 Å². The van der Waals surface area contributed by atoms with E-state index < -0.39 is 22.4 Å². The molecule has 1 unspecified atom stereocenters. The average molecular weight is 372 g/mol. The number of nitrogens with zero attached hydrogens (tertiary/aromatic N) is 3. The molecule has 1 aromatic carbocycles. The molecule has 0 aliphatic heterocycles. The summed E-state index contributed by atoms with van der Waals surface area (Å²) in [6, 6.07) is 5.90. The van der Waals surface area contributed by atoms with Crippen LogP contribution in [0.2, 0.25) is 0 Å². The van der Waals surface area contributed by atoms with Crippen LogP contribution in [0.25, 0.3) is 0 Å². The summed E-state index contributed by atoms with van der Waals surface area (Å²) in [6.07, 6.45) is 5.15. The van der Waals surface area contributed by atoms with Crippen LogP contribution in [0.4, 0.5) is 5.69 Å². The van der Waals surface area contributed by atoms with E-state index in [4.69, 9.17) is 0 Å². The molecule has 0 spiro atoms. The third-order valence-electron chi connectivity index (χ3n) is 4.97. The van der Waals surface area contributed by atoms with E-state index in [1.54, 1.807) is 18.9 Å². The Morgan fingerprint density at radius 1 is 1.37 bits per heavy atom. The smallest absolute Gasteiger partial charge is 0.275 e. The van der Waals surface area contributed by atoms with E-state index in [0.717, 1.165) is 32.1 Å². The molecule has 1 N–H and O–H groups in total. The van der Waals surface area contributed by atoms with Gasteiger partial charge < -0.3 is 10.2 Å². The fourth-order valence-corrected chi connectivity index (χ4v) is 3.46. The fraction of sp³-hybridized carbons (Fsp3) is 0.526. The van der Waals surface area contributed by atoms with Crippen LogP contribution in [0.1, 0.15) is 60.9 Å². The fourth-order valence-electron chi connectivity index (χ4n) is 3.46. The van der Waals surface area contributed by atoms with Crippen molar-refractivity contribution in [2.24, 2.45) is 0 Å². The highest BCUT2D eigenvalue weighted by atomic mass is 16.6. The topological polar surface area (TPSA) is 116 Å². The summed E-state index contributed by atoms with van der Waals surface area (Å²) in [5.41, 5.74) is -0.216. The Balaban J connectivity index is 2.34. The molecule has 0 bridgehead atoms. The Kier molecular flexibility index (Phi) is 6.88. The lowest BCUT2D eigenvalue weighted by atomic mass is 9.93. The molecule has 1 aliphatic rings. The van der Waals surface area contributed by atoms with Gasteiger partial charge in [-0.2, -0.15) is 5.26 Å². The van der Waals surface area contributed by atoms with Gasteiger partial charge in [0.25, 0.3) is 11.6 Å². The first-order valence-corrected chi connectivity index (χ1v) is 9.13. The summed E-state index contributed by atoms with van der Waals surface area (Å²) >= 11 is 0. The maximum Gasteiger partial charge on any atom is 0.275 e. The van der Waals surface area contributed by atoms with Gasteiger partial charge in [-0.1, -0.05) is 19.3 Å². The van der Waals surface area contributed by atoms with Crippen molar-refractivity contribution in [1.82, 2.24) is 10.2 Å². The molecule has 1 fully saturated rings. The van der Waals surface area contributed by atoms with Crippen molar-refractivity contribution >= 4 is 17.5 Å². The van der Waals surface area contributed by atoms with Gasteiger partial charge in [-0.25, -0.2) is 0 Å². The van der Waals surface area contributed by atoms with Gasteiger partial charge in [0.05, 0.1) is 16.6 Å². The van der Waals surface area contributed by atoms with Crippen molar-refractivity contribution in [2.75, 3.05) is 13.6 Å². The van der Waals surface area contributed by atoms with Gasteiger partial charge in [-0.3, -0.25) is 19.7 Å². The van der Waals surface area contributed by atoms with E-state index in [1.165, 1.54) is 18.2 Å². The van der Waals surface area contributed by atoms with Gasteiger partial charge in [0.1, 0.15) is 0 Å². The van der Waals surface area contributed by atoms with E-state index in [-0.39, 0.29) is 23.1 Å². The zero-order valence-electron chi connectivity index (χ0n) is 15.6. The van der Waals surface area contributed by atoms with E-state index in [1.807, 2.05) is 6.07 Å². The Hall–Kier alpha value is -2.95. The van der Waals surface area contributed by atoms with Crippen LogP contribution in [0.15, 0.2) is 18.2 Å². The van der Waals surface area contributed by atoms with Crippen molar-refractivity contribution in [2.45, 2.75) is 51.0 Å². The van der Waals surface area contributed by atoms with Crippen molar-refractivity contribution in [1.29, 1.82) is 5.26 Å². The highest BCUT2D eigenvalue weighted by Gasteiger charge is 2.30. The van der Waals surface area contributed by atoms with Crippen LogP contribution in [0.5, 0.6) is 0 Å². The van der Waals surface area contributed by atoms with Crippen LogP contribution in [-0.2, 0) is 4.79 Å². The highest BCUT2D eigenvalue weighted by Crippen LogP contribution is 2.29. The molecule has 0 radical (unpaired) electrons. The molecule has 0 aromatic heterocycles. The second-order valence-corrected chi connectivity index (χ2v) is 6.70. The molecule has 0 saturated heterocycles. The molecule has 8 heteroatoms. The zero-order chi connectivity index (χ0) is 20.0. The lowest BCUT2D eigenvalue weighted by molar-refractivity contribution is -0.385. The number of hydrogen-bond donors (Lipinski definition) is 1. The van der Waals surface area contributed by atoms with Crippen LogP contribution < -0.4 is 5.32 Å². The lowest BCUT2D eigenvalue weighted by Crippen LogP contribution is -2.38. The van der Waals surface area contributed by atoms with Gasteiger partial charge in [-0.05, 0) is 31.9 Å². The second kappa shape index (κ2) is 9.12. The summed E-state index contributed by atoms with van der Waals surface area (Å²) < 4.78 is 0.